The first-order valence-corrected chi connectivity index (χ1v) is 4.25. The first-order chi connectivity index (χ1) is 6.06. The van der Waals surface area contributed by atoms with Crippen LogP contribution in [-0.4, -0.2) is 11.1 Å². The lowest BCUT2D eigenvalue weighted by atomic mass is 10.1. The summed E-state index contributed by atoms with van der Waals surface area (Å²) in [5, 5.41) is 9.18. The van der Waals surface area contributed by atoms with Gasteiger partial charge in [0.1, 0.15) is 0 Å². The Balaban J connectivity index is 3.35. The van der Waals surface area contributed by atoms with Gasteiger partial charge < -0.3 is 10.8 Å². The number of rotatable bonds is 2. The highest BCUT2D eigenvalue weighted by Gasteiger charge is 2.11. The minimum absolute atomic E-state index is 0.0735. The zero-order valence-electron chi connectivity index (χ0n) is 7.17. The number of halogens is 1. The van der Waals surface area contributed by atoms with Crippen LogP contribution >= 0.6 is 11.6 Å². The Morgan fingerprint density at radius 3 is 2.69 bits per heavy atom. The molecule has 0 aromatic heterocycles. The number of aromatic carboxylic acids is 1. The molecule has 1 rings (SSSR count). The minimum atomic E-state index is -1.05. The number of aryl methyl sites for hydroxylation is 1. The second-order valence-corrected chi connectivity index (χ2v) is 3.12. The number of benzene rings is 1. The highest BCUT2D eigenvalue weighted by Crippen LogP contribution is 2.23. The van der Waals surface area contributed by atoms with Crippen molar-refractivity contribution in [1.82, 2.24) is 0 Å². The van der Waals surface area contributed by atoms with Crippen molar-refractivity contribution in [3.05, 3.63) is 28.3 Å². The van der Waals surface area contributed by atoms with Gasteiger partial charge in [0.25, 0.3) is 0 Å². The van der Waals surface area contributed by atoms with E-state index in [1.165, 1.54) is 6.07 Å². The van der Waals surface area contributed by atoms with Gasteiger partial charge >= 0.3 is 5.97 Å². The summed E-state index contributed by atoms with van der Waals surface area (Å²) >= 11 is 5.73. The Bertz CT molecular complexity index is 350. The minimum Gasteiger partial charge on any atom is -0.478 e. The summed E-state index contributed by atoms with van der Waals surface area (Å²) in [5.74, 6) is -1.05. The Morgan fingerprint density at radius 1 is 1.62 bits per heavy atom. The first-order valence-electron chi connectivity index (χ1n) is 3.87. The van der Waals surface area contributed by atoms with E-state index in [4.69, 9.17) is 22.4 Å². The molecule has 1 aromatic carbocycles. The first kappa shape index (κ1) is 9.86. The number of carbonyl (C=O) groups is 1. The number of hydrogen-bond acceptors (Lipinski definition) is 2. The molecule has 0 bridgehead atoms. The number of nitrogens with two attached hydrogens (primary N) is 1. The number of nitrogen functional groups attached to an aromatic ring is 1. The second-order valence-electron chi connectivity index (χ2n) is 2.68. The molecule has 0 aliphatic heterocycles. The molecule has 0 amide bonds. The molecule has 3 nitrogen and oxygen atoms in total. The lowest BCUT2D eigenvalue weighted by molar-refractivity contribution is 0.0698. The molecule has 4 heteroatoms. The summed E-state index contributed by atoms with van der Waals surface area (Å²) in [4.78, 5) is 10.7. The predicted molar refractivity (Wildman–Crippen MR) is 52.2 cm³/mol. The molecule has 0 saturated heterocycles. The fourth-order valence-electron chi connectivity index (χ4n) is 1.14. The van der Waals surface area contributed by atoms with Gasteiger partial charge in [-0.25, -0.2) is 4.79 Å². The van der Waals surface area contributed by atoms with Crippen molar-refractivity contribution in [3.63, 3.8) is 0 Å². The van der Waals surface area contributed by atoms with Crippen LogP contribution in [0, 0.1) is 0 Å². The molecule has 0 aliphatic carbocycles. The standard InChI is InChI=1S/C9H10ClNO2/c1-2-5-3-6(10)4-7(8(5)11)9(12)13/h3-4H,2,11H2,1H3,(H,12,13). The molecule has 0 radical (unpaired) electrons. The number of hydrogen-bond donors (Lipinski definition) is 2. The smallest absolute Gasteiger partial charge is 0.337 e. The van der Waals surface area contributed by atoms with E-state index in [1.807, 2.05) is 6.92 Å². The molecule has 13 heavy (non-hydrogen) atoms. The van der Waals surface area contributed by atoms with Gasteiger partial charge in [-0.05, 0) is 24.1 Å². The summed E-state index contributed by atoms with van der Waals surface area (Å²) in [7, 11) is 0. The Labute approximate surface area is 81.1 Å². The van der Waals surface area contributed by atoms with Crippen LogP contribution in [0.2, 0.25) is 5.02 Å². The van der Waals surface area contributed by atoms with Gasteiger partial charge in [0.05, 0.1) is 5.56 Å². The van der Waals surface area contributed by atoms with Gasteiger partial charge in [-0.3, -0.25) is 0 Å². The van der Waals surface area contributed by atoms with Crippen LogP contribution in [0.3, 0.4) is 0 Å². The van der Waals surface area contributed by atoms with E-state index >= 15 is 0 Å². The maximum atomic E-state index is 10.7. The lowest BCUT2D eigenvalue weighted by Crippen LogP contribution is -2.05. The van der Waals surface area contributed by atoms with Crippen LogP contribution in [0.1, 0.15) is 22.8 Å². The molecule has 1 aromatic rings. The van der Waals surface area contributed by atoms with E-state index < -0.39 is 5.97 Å². The van der Waals surface area contributed by atoms with Gasteiger partial charge in [-0.15, -0.1) is 0 Å². The predicted octanol–water partition coefficient (Wildman–Crippen LogP) is 2.18. The van der Waals surface area contributed by atoms with Gasteiger partial charge in [0, 0.05) is 10.7 Å². The topological polar surface area (TPSA) is 63.3 Å². The zero-order valence-corrected chi connectivity index (χ0v) is 7.93. The van der Waals surface area contributed by atoms with Crippen LogP contribution in [0.5, 0.6) is 0 Å². The molecule has 70 valence electrons. The fourth-order valence-corrected chi connectivity index (χ4v) is 1.38. The van der Waals surface area contributed by atoms with Crippen molar-refractivity contribution in [2.45, 2.75) is 13.3 Å². The van der Waals surface area contributed by atoms with Gasteiger partial charge in [0.15, 0.2) is 0 Å². The highest BCUT2D eigenvalue weighted by atomic mass is 35.5. The van der Waals surface area contributed by atoms with E-state index in [0.717, 1.165) is 5.56 Å². The third-order valence-corrected chi connectivity index (χ3v) is 2.06. The quantitative estimate of drug-likeness (QED) is 0.718. The van der Waals surface area contributed by atoms with Crippen LogP contribution < -0.4 is 5.73 Å². The Morgan fingerprint density at radius 2 is 2.23 bits per heavy atom. The monoisotopic (exact) mass is 199 g/mol. The van der Waals surface area contributed by atoms with Crippen molar-refractivity contribution >= 4 is 23.3 Å². The van der Waals surface area contributed by atoms with Crippen molar-refractivity contribution in [2.24, 2.45) is 0 Å². The van der Waals surface area contributed by atoms with E-state index in [0.29, 0.717) is 17.1 Å². The largest absolute Gasteiger partial charge is 0.478 e. The molecular weight excluding hydrogens is 190 g/mol. The van der Waals surface area contributed by atoms with Crippen molar-refractivity contribution in [3.8, 4) is 0 Å². The molecule has 0 atom stereocenters. The molecule has 0 unspecified atom stereocenters. The van der Waals surface area contributed by atoms with Gasteiger partial charge in [-0.1, -0.05) is 18.5 Å². The van der Waals surface area contributed by atoms with E-state index in [2.05, 4.69) is 0 Å². The van der Waals surface area contributed by atoms with Crippen molar-refractivity contribution in [1.29, 1.82) is 0 Å². The van der Waals surface area contributed by atoms with Gasteiger partial charge in [-0.2, -0.15) is 0 Å². The molecular formula is C9H10ClNO2. The Hall–Kier alpha value is -1.22. The number of carboxylic acids is 1. The molecule has 0 fully saturated rings. The molecule has 0 spiro atoms. The van der Waals surface area contributed by atoms with Crippen LogP contribution in [-0.2, 0) is 6.42 Å². The van der Waals surface area contributed by atoms with Crippen LogP contribution in [0.15, 0.2) is 12.1 Å². The average Bonchev–Trinajstić information content (AvgIpc) is 2.08. The molecule has 3 N–H and O–H groups in total. The fraction of sp³-hybridized carbons (Fsp3) is 0.222. The van der Waals surface area contributed by atoms with Crippen LogP contribution in [0.4, 0.5) is 5.69 Å². The third-order valence-electron chi connectivity index (χ3n) is 1.84. The highest BCUT2D eigenvalue weighted by molar-refractivity contribution is 6.31. The lowest BCUT2D eigenvalue weighted by Gasteiger charge is -2.06. The molecule has 0 saturated carbocycles. The number of anilines is 1. The zero-order chi connectivity index (χ0) is 10.0. The summed E-state index contributed by atoms with van der Waals surface area (Å²) in [6.45, 7) is 1.90. The second kappa shape index (κ2) is 3.66. The van der Waals surface area contributed by atoms with Crippen LogP contribution in [0.25, 0.3) is 0 Å². The summed E-state index contributed by atoms with van der Waals surface area (Å²) < 4.78 is 0. The van der Waals surface area contributed by atoms with Crippen molar-refractivity contribution < 1.29 is 9.90 Å². The van der Waals surface area contributed by atoms with Crippen molar-refractivity contribution in [2.75, 3.05) is 5.73 Å². The van der Waals surface area contributed by atoms with E-state index in [9.17, 15) is 4.79 Å². The SMILES string of the molecule is CCc1cc(Cl)cc(C(=O)O)c1N. The maximum absolute atomic E-state index is 10.7. The molecule has 0 aliphatic rings. The normalized spacial score (nSPS) is 10.0. The average molecular weight is 200 g/mol. The molecule has 0 heterocycles. The Kier molecular flexibility index (Phi) is 2.78. The summed E-state index contributed by atoms with van der Waals surface area (Å²) in [5.41, 5.74) is 6.77. The summed E-state index contributed by atoms with van der Waals surface area (Å²) in [6, 6.07) is 3.04. The maximum Gasteiger partial charge on any atom is 0.337 e. The van der Waals surface area contributed by atoms with E-state index in [-0.39, 0.29) is 5.56 Å². The third kappa shape index (κ3) is 1.92. The summed E-state index contributed by atoms with van der Waals surface area (Å²) in [6.07, 6.45) is 0.673. The van der Waals surface area contributed by atoms with Gasteiger partial charge in [0.2, 0.25) is 0 Å². The number of carboxylic acid groups (broad SMARTS) is 1. The van der Waals surface area contributed by atoms with E-state index in [1.54, 1.807) is 6.07 Å².